The fraction of sp³-hybridized carbons (Fsp3) is 0.0312. The molecule has 0 saturated carbocycles. The Morgan fingerprint density at radius 3 is 2.34 bits per heavy atom. The molecule has 1 aliphatic rings. The van der Waals surface area contributed by atoms with Crippen LogP contribution in [0.2, 0.25) is 0 Å². The third kappa shape index (κ3) is 3.27. The number of pyridine rings is 1. The molecular weight excluding hydrogens is 492 g/mol. The normalized spacial score (nSPS) is 13.1. The summed E-state index contributed by atoms with van der Waals surface area (Å²) >= 11 is 1.70. The van der Waals surface area contributed by atoms with E-state index in [1.54, 1.807) is 11.3 Å². The van der Waals surface area contributed by atoms with Gasteiger partial charge in [-0.2, -0.15) is 0 Å². The zero-order valence-electron chi connectivity index (χ0n) is 20.0. The first kappa shape index (κ1) is 21.3. The number of benzene rings is 3. The number of fused-ring (bicyclic) bond motifs is 3. The Balaban J connectivity index is 1.46. The van der Waals surface area contributed by atoms with E-state index in [0.29, 0.717) is 17.3 Å². The van der Waals surface area contributed by atoms with Gasteiger partial charge in [0.15, 0.2) is 17.3 Å². The third-order valence-electron chi connectivity index (χ3n) is 6.92. The topological polar surface area (TPSA) is 60.3 Å². The van der Waals surface area contributed by atoms with Crippen molar-refractivity contribution in [3.8, 4) is 44.5 Å². The van der Waals surface area contributed by atoms with Crippen molar-refractivity contribution in [1.82, 2.24) is 9.97 Å². The predicted octanol–water partition coefficient (Wildman–Crippen LogP) is 8.84. The highest BCUT2D eigenvalue weighted by Crippen LogP contribution is 2.50. The SMILES string of the molecule is c1ccc(-c2ccc3oc(C4Oc5ccccc5O4)c(-c4cc5ccccc5[nH]4)c3c2-c2cccs2)nc1. The highest BCUT2D eigenvalue weighted by atomic mass is 32.1. The number of aromatic amines is 1. The monoisotopic (exact) mass is 512 g/mol. The van der Waals surface area contributed by atoms with E-state index in [1.807, 2.05) is 66.9 Å². The molecule has 8 rings (SSSR count). The van der Waals surface area contributed by atoms with Crippen LogP contribution in [-0.4, -0.2) is 9.97 Å². The minimum Gasteiger partial charge on any atom is -0.452 e. The number of rotatable bonds is 4. The van der Waals surface area contributed by atoms with E-state index >= 15 is 0 Å². The van der Waals surface area contributed by atoms with Gasteiger partial charge in [0.2, 0.25) is 0 Å². The lowest BCUT2D eigenvalue weighted by molar-refractivity contribution is 0.0306. The number of hydrogen-bond acceptors (Lipinski definition) is 5. The standard InChI is InChI=1S/C32H20N2O3S/c1-2-9-21-19(8-1)18-23(34-21)29-30-26(35-31(29)32-36-24-11-3-4-12-25(24)37-32)15-14-20(22-10-5-6-16-33-22)28(30)27-13-7-17-38-27/h1-18,32,34H. The summed E-state index contributed by atoms with van der Waals surface area (Å²) in [6, 6.07) is 32.5. The van der Waals surface area contributed by atoms with Crippen LogP contribution >= 0.6 is 11.3 Å². The molecule has 0 saturated heterocycles. The Hall–Kier alpha value is -4.81. The summed E-state index contributed by atoms with van der Waals surface area (Å²) in [5.74, 6) is 2.03. The third-order valence-corrected chi connectivity index (χ3v) is 7.81. The molecule has 182 valence electrons. The zero-order valence-corrected chi connectivity index (χ0v) is 20.9. The predicted molar refractivity (Wildman–Crippen MR) is 150 cm³/mol. The second-order valence-electron chi connectivity index (χ2n) is 9.18. The van der Waals surface area contributed by atoms with Crippen LogP contribution in [0.5, 0.6) is 11.5 Å². The van der Waals surface area contributed by atoms with Gasteiger partial charge in [0, 0.05) is 38.5 Å². The minimum atomic E-state index is -0.712. The molecule has 38 heavy (non-hydrogen) atoms. The van der Waals surface area contributed by atoms with Crippen LogP contribution in [0.1, 0.15) is 12.1 Å². The lowest BCUT2D eigenvalue weighted by Gasteiger charge is -2.12. The number of nitrogens with zero attached hydrogens (tertiary/aromatic N) is 1. The van der Waals surface area contributed by atoms with Crippen LogP contribution in [-0.2, 0) is 0 Å². The quantitative estimate of drug-likeness (QED) is 0.256. The molecule has 0 atom stereocenters. The molecule has 0 bridgehead atoms. The first-order chi connectivity index (χ1) is 18.8. The molecule has 1 N–H and O–H groups in total. The first-order valence-electron chi connectivity index (χ1n) is 12.4. The van der Waals surface area contributed by atoms with Crippen molar-refractivity contribution in [2.45, 2.75) is 6.29 Å². The molecule has 0 spiro atoms. The lowest BCUT2D eigenvalue weighted by Crippen LogP contribution is -2.08. The van der Waals surface area contributed by atoms with Gasteiger partial charge in [-0.1, -0.05) is 42.5 Å². The molecule has 0 aliphatic carbocycles. The Bertz CT molecular complexity index is 1880. The fourth-order valence-electron chi connectivity index (χ4n) is 5.27. The van der Waals surface area contributed by atoms with E-state index in [0.717, 1.165) is 54.8 Å². The van der Waals surface area contributed by atoms with Crippen molar-refractivity contribution in [3.63, 3.8) is 0 Å². The van der Waals surface area contributed by atoms with Crippen LogP contribution in [0.3, 0.4) is 0 Å². The second kappa shape index (κ2) is 8.36. The maximum absolute atomic E-state index is 6.61. The summed E-state index contributed by atoms with van der Waals surface area (Å²) in [4.78, 5) is 9.45. The van der Waals surface area contributed by atoms with E-state index in [9.17, 15) is 0 Å². The molecule has 5 nitrogen and oxygen atoms in total. The van der Waals surface area contributed by atoms with Gasteiger partial charge in [-0.25, -0.2) is 0 Å². The molecule has 7 aromatic rings. The van der Waals surface area contributed by atoms with Crippen LogP contribution in [0.4, 0.5) is 0 Å². The average Bonchev–Trinajstić information content (AvgIpc) is 3.76. The van der Waals surface area contributed by atoms with Gasteiger partial charge in [-0.3, -0.25) is 4.98 Å². The smallest absolute Gasteiger partial charge is 0.301 e. The van der Waals surface area contributed by atoms with Gasteiger partial charge in [-0.15, -0.1) is 11.3 Å². The van der Waals surface area contributed by atoms with Gasteiger partial charge >= 0.3 is 6.29 Å². The van der Waals surface area contributed by atoms with Gasteiger partial charge in [-0.05, 0) is 60.0 Å². The van der Waals surface area contributed by atoms with Crippen molar-refractivity contribution in [1.29, 1.82) is 0 Å². The highest BCUT2D eigenvalue weighted by Gasteiger charge is 2.34. The van der Waals surface area contributed by atoms with Crippen molar-refractivity contribution in [2.75, 3.05) is 0 Å². The summed E-state index contributed by atoms with van der Waals surface area (Å²) in [6.45, 7) is 0. The van der Waals surface area contributed by atoms with Crippen molar-refractivity contribution in [2.24, 2.45) is 0 Å². The number of H-pyrrole nitrogens is 1. The molecule has 5 heterocycles. The van der Waals surface area contributed by atoms with E-state index < -0.39 is 6.29 Å². The molecule has 0 unspecified atom stereocenters. The zero-order chi connectivity index (χ0) is 25.1. The van der Waals surface area contributed by atoms with E-state index in [-0.39, 0.29) is 0 Å². The summed E-state index contributed by atoms with van der Waals surface area (Å²) < 4.78 is 19.1. The maximum Gasteiger partial charge on any atom is 0.301 e. The number of hydrogen-bond donors (Lipinski definition) is 1. The molecule has 1 aliphatic heterocycles. The Morgan fingerprint density at radius 2 is 1.58 bits per heavy atom. The highest BCUT2D eigenvalue weighted by molar-refractivity contribution is 7.13. The summed E-state index contributed by atoms with van der Waals surface area (Å²) in [7, 11) is 0. The second-order valence-corrected chi connectivity index (χ2v) is 10.1. The molecular formula is C32H20N2O3S. The van der Waals surface area contributed by atoms with Crippen LogP contribution < -0.4 is 9.47 Å². The van der Waals surface area contributed by atoms with E-state index in [1.165, 1.54) is 0 Å². The molecule has 3 aromatic carbocycles. The fourth-order valence-corrected chi connectivity index (χ4v) is 6.06. The number of furan rings is 1. The minimum absolute atomic E-state index is 0.624. The molecule has 6 heteroatoms. The van der Waals surface area contributed by atoms with Gasteiger partial charge in [0.05, 0.1) is 17.0 Å². The van der Waals surface area contributed by atoms with Crippen molar-refractivity contribution < 1.29 is 13.9 Å². The number of nitrogens with one attached hydrogen (secondary N) is 1. The maximum atomic E-state index is 6.61. The van der Waals surface area contributed by atoms with Gasteiger partial charge in [0.25, 0.3) is 0 Å². The number of thiophene rings is 1. The van der Waals surface area contributed by atoms with Crippen LogP contribution in [0.15, 0.2) is 113 Å². The van der Waals surface area contributed by atoms with Crippen molar-refractivity contribution in [3.05, 3.63) is 114 Å². The van der Waals surface area contributed by atoms with Crippen LogP contribution in [0.25, 0.3) is 54.8 Å². The average molecular weight is 513 g/mol. The lowest BCUT2D eigenvalue weighted by atomic mass is 9.94. The Labute approximate surface area is 221 Å². The summed E-state index contributed by atoms with van der Waals surface area (Å²) in [6.07, 6.45) is 1.12. The number of para-hydroxylation sites is 3. The Morgan fingerprint density at radius 1 is 0.763 bits per heavy atom. The molecule has 0 fully saturated rings. The Kier molecular flexibility index (Phi) is 4.69. The largest absolute Gasteiger partial charge is 0.452 e. The van der Waals surface area contributed by atoms with E-state index in [4.69, 9.17) is 18.9 Å². The summed E-state index contributed by atoms with van der Waals surface area (Å²) in [5.41, 5.74) is 6.72. The molecule has 4 aromatic heterocycles. The molecule has 0 amide bonds. The molecule has 0 radical (unpaired) electrons. The van der Waals surface area contributed by atoms with Crippen LogP contribution in [0, 0.1) is 0 Å². The van der Waals surface area contributed by atoms with Gasteiger partial charge < -0.3 is 18.9 Å². The van der Waals surface area contributed by atoms with Gasteiger partial charge in [0.1, 0.15) is 5.58 Å². The number of ether oxygens (including phenoxy) is 2. The number of aromatic nitrogens is 2. The summed E-state index contributed by atoms with van der Waals surface area (Å²) in [5, 5.41) is 4.22. The first-order valence-corrected chi connectivity index (χ1v) is 13.3. The van der Waals surface area contributed by atoms with Crippen molar-refractivity contribution >= 4 is 33.2 Å². The van der Waals surface area contributed by atoms with E-state index in [2.05, 4.69) is 46.8 Å².